The van der Waals surface area contributed by atoms with Gasteiger partial charge in [-0.05, 0) is 160 Å². The topological polar surface area (TPSA) is 90.0 Å². The molecule has 0 aromatic rings. The van der Waals surface area contributed by atoms with Gasteiger partial charge in [-0.3, -0.25) is 14.4 Å². The number of nitrogens with zero attached hydrogens (tertiary/aromatic N) is 2. The van der Waals surface area contributed by atoms with Crippen LogP contribution in [0.3, 0.4) is 0 Å². The van der Waals surface area contributed by atoms with Gasteiger partial charge in [0.2, 0.25) is 11.8 Å². The first kappa shape index (κ1) is 40.7. The highest BCUT2D eigenvalue weighted by Gasteiger charge is 2.70. The summed E-state index contributed by atoms with van der Waals surface area (Å²) in [5, 5.41) is 14.0. The number of carboxylic acid groups (broad SMARTS) is 1. The summed E-state index contributed by atoms with van der Waals surface area (Å²) in [5.41, 5.74) is 2.53. The van der Waals surface area contributed by atoms with E-state index in [4.69, 9.17) is 0 Å². The van der Waals surface area contributed by atoms with E-state index in [1.165, 1.54) is 55.2 Å². The molecular weight excluding hydrogens is 690 g/mol. The van der Waals surface area contributed by atoms with Crippen molar-refractivity contribution in [2.75, 3.05) is 32.9 Å². The Kier molecular flexibility index (Phi) is 10.0. The zero-order valence-corrected chi connectivity index (χ0v) is 35.7. The van der Waals surface area contributed by atoms with Crippen molar-refractivity contribution in [3.8, 4) is 0 Å². The highest BCUT2D eigenvalue weighted by Crippen LogP contribution is 2.76. The Morgan fingerprint density at radius 2 is 1.62 bits per heavy atom. The SMILES string of the molecule is C=C(C)[C@@H]1CC[C@]2(NCCN3CCN(C(C)=O)C(C)(C)C3=O)CC[C@]3(C)[C@H](CC[C@@H]4[C@@]5(C)CC=C(C6=CC[C@](CF)(C(=O)O)CC6)C(C)(C)[C@@H]5CC[C@]43C)C12. The number of fused-ring (bicyclic) bond motifs is 7. The molecule has 1 heterocycles. The van der Waals surface area contributed by atoms with E-state index >= 15 is 0 Å². The first-order valence-electron chi connectivity index (χ1n) is 21.8. The number of aliphatic carboxylic acids is 1. The Hall–Kier alpha value is -2.48. The Bertz CT molecular complexity index is 1680. The Morgan fingerprint density at radius 3 is 2.24 bits per heavy atom. The van der Waals surface area contributed by atoms with Crippen molar-refractivity contribution in [3.63, 3.8) is 0 Å². The molecule has 5 fully saturated rings. The molecule has 7 rings (SSSR count). The number of allylic oxidation sites excluding steroid dienone is 5. The molecule has 1 saturated heterocycles. The number of halogens is 1. The molecule has 55 heavy (non-hydrogen) atoms. The summed E-state index contributed by atoms with van der Waals surface area (Å²) in [6, 6.07) is 0. The highest BCUT2D eigenvalue weighted by molar-refractivity contribution is 5.91. The largest absolute Gasteiger partial charge is 0.481 e. The summed E-state index contributed by atoms with van der Waals surface area (Å²) < 4.78 is 14.0. The number of carbonyl (C=O) groups excluding carboxylic acids is 2. The Balaban J connectivity index is 1.12. The number of alkyl halides is 1. The van der Waals surface area contributed by atoms with E-state index in [-0.39, 0.29) is 45.4 Å². The second kappa shape index (κ2) is 13.5. The molecule has 7 nitrogen and oxygen atoms in total. The molecule has 8 heteroatoms. The van der Waals surface area contributed by atoms with Gasteiger partial charge in [0.25, 0.3) is 0 Å². The minimum Gasteiger partial charge on any atom is -0.481 e. The minimum absolute atomic E-state index is 0.0334. The van der Waals surface area contributed by atoms with E-state index in [1.54, 1.807) is 11.8 Å². The molecule has 0 radical (unpaired) electrons. The Labute approximate surface area is 331 Å². The van der Waals surface area contributed by atoms with Crippen molar-refractivity contribution in [2.45, 2.75) is 150 Å². The quantitative estimate of drug-likeness (QED) is 0.241. The van der Waals surface area contributed by atoms with Gasteiger partial charge in [-0.2, -0.15) is 0 Å². The van der Waals surface area contributed by atoms with Gasteiger partial charge in [-0.1, -0.05) is 58.9 Å². The monoisotopic (exact) mass is 762 g/mol. The summed E-state index contributed by atoms with van der Waals surface area (Å²) in [5.74, 6) is 1.80. The molecule has 7 aliphatic rings. The lowest BCUT2D eigenvalue weighted by atomic mass is 9.33. The lowest BCUT2D eigenvalue weighted by Crippen LogP contribution is -2.68. The fraction of sp³-hybridized carbons (Fsp3) is 0.809. The standard InChI is InChI=1S/C47H72FN3O4/c1-30(2)33-15-22-47(49-25-26-50-27-28-51(31(3)52)42(6,7)39(50)53)24-23-44(9)35(38(33)47)11-12-37-43(8)18-16-34(41(4,5)36(43)17-19-45(37,44)10)32-13-20-46(29-48,21-14-32)40(54)55/h13,16,33,35-38,49H,1,11-12,14-15,17-29H2,2-10H3,(H,54,55)/t33-,35+,36-,37+,38?,43-,44+,45+,46-,47-/m0/s1. The van der Waals surface area contributed by atoms with Crippen LogP contribution in [-0.4, -0.2) is 76.6 Å². The molecule has 0 bridgehead atoms. The average Bonchev–Trinajstić information content (AvgIpc) is 3.50. The number of carbonyl (C=O) groups is 3. The van der Waals surface area contributed by atoms with Gasteiger partial charge in [0.1, 0.15) is 12.2 Å². The lowest BCUT2D eigenvalue weighted by molar-refractivity contribution is -0.221. The molecule has 306 valence electrons. The normalized spacial score (nSPS) is 43.3. The van der Waals surface area contributed by atoms with E-state index in [1.807, 2.05) is 18.7 Å². The van der Waals surface area contributed by atoms with Crippen molar-refractivity contribution in [2.24, 2.45) is 56.7 Å². The summed E-state index contributed by atoms with van der Waals surface area (Å²) in [6.45, 7) is 26.9. The van der Waals surface area contributed by atoms with Crippen LogP contribution in [-0.2, 0) is 14.4 Å². The molecule has 10 atom stereocenters. The van der Waals surface area contributed by atoms with Gasteiger partial charge in [0.15, 0.2) is 0 Å². The minimum atomic E-state index is -1.27. The molecule has 0 aromatic carbocycles. The van der Waals surface area contributed by atoms with Gasteiger partial charge in [-0.15, -0.1) is 0 Å². The number of hydrogen-bond acceptors (Lipinski definition) is 4. The van der Waals surface area contributed by atoms with Crippen LogP contribution in [0.25, 0.3) is 0 Å². The number of amides is 2. The molecule has 6 aliphatic carbocycles. The van der Waals surface area contributed by atoms with Crippen LogP contribution in [0.15, 0.2) is 35.5 Å². The summed E-state index contributed by atoms with van der Waals surface area (Å²) in [6.07, 6.45) is 16.6. The molecule has 0 aromatic heterocycles. The van der Waals surface area contributed by atoms with E-state index in [0.717, 1.165) is 25.8 Å². The molecule has 1 unspecified atom stereocenters. The number of piperazine rings is 1. The zero-order valence-electron chi connectivity index (χ0n) is 35.7. The molecule has 1 aliphatic heterocycles. The van der Waals surface area contributed by atoms with Crippen molar-refractivity contribution in [3.05, 3.63) is 35.5 Å². The average molecular weight is 762 g/mol. The van der Waals surface area contributed by atoms with Gasteiger partial charge < -0.3 is 20.2 Å². The number of nitrogens with one attached hydrogen (secondary N) is 1. The van der Waals surface area contributed by atoms with Crippen LogP contribution in [0, 0.1) is 56.7 Å². The van der Waals surface area contributed by atoms with Crippen LogP contribution in [0.5, 0.6) is 0 Å². The first-order chi connectivity index (χ1) is 25.6. The van der Waals surface area contributed by atoms with Gasteiger partial charge in [-0.25, -0.2) is 4.39 Å². The van der Waals surface area contributed by atoms with Gasteiger partial charge >= 0.3 is 5.97 Å². The summed E-state index contributed by atoms with van der Waals surface area (Å²) >= 11 is 0. The maximum Gasteiger partial charge on any atom is 0.312 e. The summed E-state index contributed by atoms with van der Waals surface area (Å²) in [4.78, 5) is 41.6. The molecular formula is C47H72FN3O4. The number of rotatable bonds is 8. The molecule has 0 spiro atoms. The van der Waals surface area contributed by atoms with Gasteiger partial charge in [0.05, 0.1) is 5.41 Å². The van der Waals surface area contributed by atoms with E-state index in [0.29, 0.717) is 62.1 Å². The second-order valence-electron chi connectivity index (χ2n) is 21.5. The van der Waals surface area contributed by atoms with Crippen molar-refractivity contribution >= 4 is 17.8 Å². The van der Waals surface area contributed by atoms with Gasteiger partial charge in [0, 0.05) is 38.6 Å². The predicted octanol–water partition coefficient (Wildman–Crippen LogP) is 9.14. The molecule has 2 N–H and O–H groups in total. The third kappa shape index (κ3) is 5.81. The predicted molar refractivity (Wildman–Crippen MR) is 217 cm³/mol. The third-order valence-electron chi connectivity index (χ3n) is 18.6. The zero-order chi connectivity index (χ0) is 40.1. The maximum absolute atomic E-state index is 14.0. The number of hydrogen-bond donors (Lipinski definition) is 2. The van der Waals surface area contributed by atoms with Crippen molar-refractivity contribution in [1.82, 2.24) is 15.1 Å². The van der Waals surface area contributed by atoms with Crippen LogP contribution < -0.4 is 5.32 Å². The lowest BCUT2D eigenvalue weighted by Gasteiger charge is -2.72. The third-order valence-corrected chi connectivity index (χ3v) is 18.6. The fourth-order valence-corrected chi connectivity index (χ4v) is 15.4. The maximum atomic E-state index is 14.0. The summed E-state index contributed by atoms with van der Waals surface area (Å²) in [7, 11) is 0. The van der Waals surface area contributed by atoms with Crippen LogP contribution >= 0.6 is 0 Å². The highest BCUT2D eigenvalue weighted by atomic mass is 19.1. The smallest absolute Gasteiger partial charge is 0.312 e. The van der Waals surface area contributed by atoms with E-state index in [9.17, 15) is 23.9 Å². The van der Waals surface area contributed by atoms with E-state index < -0.39 is 23.6 Å². The molecule has 4 saturated carbocycles. The van der Waals surface area contributed by atoms with Crippen molar-refractivity contribution < 1.29 is 23.9 Å². The fourth-order valence-electron chi connectivity index (χ4n) is 15.4. The first-order valence-corrected chi connectivity index (χ1v) is 21.8. The van der Waals surface area contributed by atoms with Crippen LogP contribution in [0.2, 0.25) is 0 Å². The van der Waals surface area contributed by atoms with Crippen LogP contribution in [0.4, 0.5) is 4.39 Å². The molecule has 2 amide bonds. The van der Waals surface area contributed by atoms with Crippen LogP contribution in [0.1, 0.15) is 139 Å². The van der Waals surface area contributed by atoms with E-state index in [2.05, 4.69) is 65.6 Å². The van der Waals surface area contributed by atoms with Crippen molar-refractivity contribution in [1.29, 1.82) is 0 Å². The number of carboxylic acids is 1. The Morgan fingerprint density at radius 1 is 0.891 bits per heavy atom. The second-order valence-corrected chi connectivity index (χ2v) is 21.5.